The molecule has 0 amide bonds. The molecular weight excluding hydrogens is 243 g/mol. The highest BCUT2D eigenvalue weighted by atomic mass is 35.5. The van der Waals surface area contributed by atoms with Gasteiger partial charge in [-0.3, -0.25) is 0 Å². The van der Waals surface area contributed by atoms with E-state index in [1.807, 2.05) is 0 Å². The van der Waals surface area contributed by atoms with E-state index in [0.29, 0.717) is 5.56 Å². The molecule has 4 nitrogen and oxygen atoms in total. The molecule has 0 unspecified atom stereocenters. The zero-order valence-electron chi connectivity index (χ0n) is 7.54. The second-order valence-electron chi connectivity index (χ2n) is 2.73. The van der Waals surface area contributed by atoms with Gasteiger partial charge in [0.1, 0.15) is 0 Å². The molecule has 6 heteroatoms. The third-order valence-corrected chi connectivity index (χ3v) is 2.14. The van der Waals surface area contributed by atoms with Crippen LogP contribution in [-0.4, -0.2) is 22.8 Å². The fourth-order valence-corrected chi connectivity index (χ4v) is 1.62. The Labute approximate surface area is 96.0 Å². The van der Waals surface area contributed by atoms with E-state index in [0.717, 1.165) is 0 Å². The summed E-state index contributed by atoms with van der Waals surface area (Å²) in [5, 5.41) is 17.6. The summed E-state index contributed by atoms with van der Waals surface area (Å²) in [6.07, 6.45) is 0. The van der Waals surface area contributed by atoms with E-state index in [2.05, 4.69) is 0 Å². The molecule has 0 aliphatic carbocycles. The molecule has 0 bridgehead atoms. The van der Waals surface area contributed by atoms with Crippen LogP contribution >= 0.6 is 23.2 Å². The zero-order chi connectivity index (χ0) is 11.4. The van der Waals surface area contributed by atoms with E-state index in [1.165, 1.54) is 12.1 Å². The first kappa shape index (κ1) is 12.1. The lowest BCUT2D eigenvalue weighted by atomic mass is 10.2. The molecule has 1 aromatic carbocycles. The summed E-state index contributed by atoms with van der Waals surface area (Å²) >= 11 is 11.6. The standard InChI is InChI=1S/C9H8Cl2O4/c10-6-1-5(3-12)2-7(11)9(6)15-4-8(13)14/h1-2,12H,3-4H2,(H,13,14). The average Bonchev–Trinajstić information content (AvgIpc) is 2.15. The van der Waals surface area contributed by atoms with Crippen molar-refractivity contribution in [1.29, 1.82) is 0 Å². The number of aliphatic carboxylic acids is 1. The van der Waals surface area contributed by atoms with Gasteiger partial charge in [-0.2, -0.15) is 0 Å². The fourth-order valence-electron chi connectivity index (χ4n) is 0.975. The van der Waals surface area contributed by atoms with E-state index >= 15 is 0 Å². The van der Waals surface area contributed by atoms with Crippen LogP contribution in [0, 0.1) is 0 Å². The number of halogens is 2. The lowest BCUT2D eigenvalue weighted by Crippen LogP contribution is -2.10. The summed E-state index contributed by atoms with van der Waals surface area (Å²) in [6, 6.07) is 2.93. The van der Waals surface area contributed by atoms with Gasteiger partial charge in [0, 0.05) is 0 Å². The van der Waals surface area contributed by atoms with Gasteiger partial charge in [-0.15, -0.1) is 0 Å². The Balaban J connectivity index is 2.92. The van der Waals surface area contributed by atoms with Crippen LogP contribution in [0.1, 0.15) is 5.56 Å². The van der Waals surface area contributed by atoms with Crippen molar-refractivity contribution in [3.63, 3.8) is 0 Å². The van der Waals surface area contributed by atoms with Crippen LogP contribution in [0.5, 0.6) is 5.75 Å². The van der Waals surface area contributed by atoms with Gasteiger partial charge in [0.05, 0.1) is 16.7 Å². The Morgan fingerprint density at radius 2 is 1.87 bits per heavy atom. The van der Waals surface area contributed by atoms with Crippen LogP contribution < -0.4 is 4.74 Å². The van der Waals surface area contributed by atoms with E-state index < -0.39 is 12.6 Å². The van der Waals surface area contributed by atoms with Crippen molar-refractivity contribution in [2.45, 2.75) is 6.61 Å². The van der Waals surface area contributed by atoms with Crippen molar-refractivity contribution in [1.82, 2.24) is 0 Å². The van der Waals surface area contributed by atoms with Gasteiger partial charge < -0.3 is 14.9 Å². The molecule has 0 aliphatic rings. The van der Waals surface area contributed by atoms with Crippen LogP contribution in [0.15, 0.2) is 12.1 Å². The van der Waals surface area contributed by atoms with Crippen LogP contribution in [0.25, 0.3) is 0 Å². The topological polar surface area (TPSA) is 66.8 Å². The van der Waals surface area contributed by atoms with Gasteiger partial charge in [-0.25, -0.2) is 4.79 Å². The maximum atomic E-state index is 10.3. The molecule has 0 aliphatic heterocycles. The third-order valence-electron chi connectivity index (χ3n) is 1.58. The minimum Gasteiger partial charge on any atom is -0.479 e. The number of carboxylic acids is 1. The van der Waals surface area contributed by atoms with Crippen molar-refractivity contribution in [2.75, 3.05) is 6.61 Å². The van der Waals surface area contributed by atoms with Crippen molar-refractivity contribution in [3.8, 4) is 5.75 Å². The summed E-state index contributed by atoms with van der Waals surface area (Å²) in [5.41, 5.74) is 0.535. The number of ether oxygens (including phenoxy) is 1. The van der Waals surface area contributed by atoms with Gasteiger partial charge in [-0.1, -0.05) is 23.2 Å². The molecule has 0 aromatic heterocycles. The highest BCUT2D eigenvalue weighted by molar-refractivity contribution is 6.37. The molecule has 0 saturated carbocycles. The molecule has 1 rings (SSSR count). The number of carbonyl (C=O) groups is 1. The van der Waals surface area contributed by atoms with E-state index in [4.69, 9.17) is 38.2 Å². The molecule has 0 radical (unpaired) electrons. The quantitative estimate of drug-likeness (QED) is 0.858. The number of aliphatic hydroxyl groups is 1. The van der Waals surface area contributed by atoms with Gasteiger partial charge >= 0.3 is 5.97 Å². The highest BCUT2D eigenvalue weighted by Gasteiger charge is 2.10. The van der Waals surface area contributed by atoms with Crippen molar-refractivity contribution >= 4 is 29.2 Å². The predicted octanol–water partition coefficient (Wildman–Crippen LogP) is 1.95. The third kappa shape index (κ3) is 3.27. The van der Waals surface area contributed by atoms with Crippen molar-refractivity contribution in [2.24, 2.45) is 0 Å². The molecule has 0 fully saturated rings. The molecule has 0 saturated heterocycles. The smallest absolute Gasteiger partial charge is 0.341 e. The second-order valence-corrected chi connectivity index (χ2v) is 3.54. The Hall–Kier alpha value is -0.970. The first-order valence-corrected chi connectivity index (χ1v) is 4.73. The number of benzene rings is 1. The molecule has 82 valence electrons. The zero-order valence-corrected chi connectivity index (χ0v) is 9.05. The van der Waals surface area contributed by atoms with Gasteiger partial charge in [0.15, 0.2) is 12.4 Å². The molecule has 15 heavy (non-hydrogen) atoms. The summed E-state index contributed by atoms with van der Waals surface area (Å²) in [7, 11) is 0. The predicted molar refractivity (Wildman–Crippen MR) is 55.5 cm³/mol. The van der Waals surface area contributed by atoms with Gasteiger partial charge in [0.25, 0.3) is 0 Å². The minimum absolute atomic E-state index is 0.109. The first-order chi connectivity index (χ1) is 7.04. The molecule has 0 atom stereocenters. The average molecular weight is 251 g/mol. The van der Waals surface area contributed by atoms with Crippen LogP contribution in [0.3, 0.4) is 0 Å². The largest absolute Gasteiger partial charge is 0.479 e. The Kier molecular flexibility index (Phi) is 4.20. The van der Waals surface area contributed by atoms with E-state index in [-0.39, 0.29) is 22.4 Å². The molecular formula is C9H8Cl2O4. The number of carboxylic acid groups (broad SMARTS) is 1. The summed E-state index contributed by atoms with van der Waals surface area (Å²) in [4.78, 5) is 10.3. The van der Waals surface area contributed by atoms with Crippen LogP contribution in [0.4, 0.5) is 0 Å². The summed E-state index contributed by atoms with van der Waals surface area (Å²) < 4.78 is 4.88. The first-order valence-electron chi connectivity index (χ1n) is 3.98. The minimum atomic E-state index is -1.12. The van der Waals surface area contributed by atoms with Gasteiger partial charge in [0.2, 0.25) is 0 Å². The van der Waals surface area contributed by atoms with E-state index in [9.17, 15) is 4.79 Å². The second kappa shape index (κ2) is 5.21. The maximum absolute atomic E-state index is 10.3. The fraction of sp³-hybridized carbons (Fsp3) is 0.222. The Morgan fingerprint density at radius 3 is 2.27 bits per heavy atom. The monoisotopic (exact) mass is 250 g/mol. The summed E-state index contributed by atoms with van der Waals surface area (Å²) in [5.74, 6) is -1.01. The number of hydrogen-bond acceptors (Lipinski definition) is 3. The van der Waals surface area contributed by atoms with Crippen LogP contribution in [0.2, 0.25) is 10.0 Å². The maximum Gasteiger partial charge on any atom is 0.341 e. The molecule has 1 aromatic rings. The molecule has 0 spiro atoms. The lowest BCUT2D eigenvalue weighted by Gasteiger charge is -2.09. The summed E-state index contributed by atoms with van der Waals surface area (Å²) in [6.45, 7) is -0.712. The Morgan fingerprint density at radius 1 is 1.33 bits per heavy atom. The SMILES string of the molecule is O=C(O)COc1c(Cl)cc(CO)cc1Cl. The number of aliphatic hydroxyl groups excluding tert-OH is 1. The van der Waals surface area contributed by atoms with Crippen molar-refractivity contribution < 1.29 is 19.7 Å². The molecule has 2 N–H and O–H groups in total. The number of rotatable bonds is 4. The van der Waals surface area contributed by atoms with Crippen molar-refractivity contribution in [3.05, 3.63) is 27.7 Å². The lowest BCUT2D eigenvalue weighted by molar-refractivity contribution is -0.139. The molecule has 0 heterocycles. The van der Waals surface area contributed by atoms with E-state index in [1.54, 1.807) is 0 Å². The van der Waals surface area contributed by atoms with Gasteiger partial charge in [-0.05, 0) is 17.7 Å². The van der Waals surface area contributed by atoms with Crippen LogP contribution in [-0.2, 0) is 11.4 Å². The number of hydrogen-bond donors (Lipinski definition) is 2. The Bertz CT molecular complexity index is 355. The normalized spacial score (nSPS) is 10.1. The highest BCUT2D eigenvalue weighted by Crippen LogP contribution is 2.34.